The Balaban J connectivity index is 1.84. The highest BCUT2D eigenvalue weighted by Crippen LogP contribution is 2.17. The van der Waals surface area contributed by atoms with Gasteiger partial charge in [0.25, 0.3) is 0 Å². The Bertz CT molecular complexity index is 640. The Labute approximate surface area is 138 Å². The molecule has 124 valence electrons. The van der Waals surface area contributed by atoms with Crippen molar-refractivity contribution in [1.82, 2.24) is 15.1 Å². The van der Waals surface area contributed by atoms with Crippen LogP contribution in [0.1, 0.15) is 28.4 Å². The fourth-order valence-electron chi connectivity index (χ4n) is 2.26. The molecule has 1 saturated heterocycles. The molecule has 0 spiro atoms. The molecule has 1 aromatic rings. The van der Waals surface area contributed by atoms with Crippen molar-refractivity contribution in [2.45, 2.75) is 20.3 Å². The molecule has 1 aliphatic rings. The normalized spacial score (nSPS) is 15.0. The van der Waals surface area contributed by atoms with Crippen molar-refractivity contribution in [2.75, 3.05) is 26.2 Å². The number of piperazine rings is 1. The molecule has 0 radical (unpaired) electrons. The summed E-state index contributed by atoms with van der Waals surface area (Å²) >= 11 is 1.39. The zero-order valence-corrected chi connectivity index (χ0v) is 13.9. The number of likely N-dealkylation sites (N-methyl/N-ethyl adjacent to an activating group) is 1. The Morgan fingerprint density at radius 2 is 1.96 bits per heavy atom. The summed E-state index contributed by atoms with van der Waals surface area (Å²) in [6.07, 6.45) is 0.570. The molecule has 7 nitrogen and oxygen atoms in total. The van der Waals surface area contributed by atoms with Crippen LogP contribution in [0.5, 0.6) is 0 Å². The summed E-state index contributed by atoms with van der Waals surface area (Å²) in [4.78, 5) is 50.9. The Morgan fingerprint density at radius 1 is 1.22 bits per heavy atom. The number of rotatable bonds is 5. The summed E-state index contributed by atoms with van der Waals surface area (Å²) in [7, 11) is 0. The maximum absolute atomic E-state index is 12.0. The maximum atomic E-state index is 12.0. The standard InChI is InChI=1S/C15H19N3O4S/c1-3-17-8-9-18(14(21)13(17)20)15(22)16-7-6-11-4-5-12(23-11)10(2)19/h4-5H,3,6-9H2,1-2H3,(H,16,22). The second kappa shape index (κ2) is 7.36. The highest BCUT2D eigenvalue weighted by Gasteiger charge is 2.35. The number of imide groups is 1. The number of amides is 4. The number of nitrogens with zero attached hydrogens (tertiary/aromatic N) is 2. The van der Waals surface area contributed by atoms with E-state index in [2.05, 4.69) is 5.32 Å². The number of carbonyl (C=O) groups is 4. The molecule has 23 heavy (non-hydrogen) atoms. The average molecular weight is 337 g/mol. The Morgan fingerprint density at radius 3 is 2.57 bits per heavy atom. The molecule has 8 heteroatoms. The molecular weight excluding hydrogens is 318 g/mol. The molecule has 1 fully saturated rings. The van der Waals surface area contributed by atoms with Gasteiger partial charge < -0.3 is 10.2 Å². The summed E-state index contributed by atoms with van der Waals surface area (Å²) in [5.74, 6) is -1.41. The minimum absolute atomic E-state index is 0.0168. The van der Waals surface area contributed by atoms with Gasteiger partial charge in [-0.3, -0.25) is 19.3 Å². The predicted octanol–water partition coefficient (Wildman–Crippen LogP) is 0.893. The van der Waals surface area contributed by atoms with Crippen LogP contribution in [-0.2, 0) is 16.0 Å². The number of ketones is 1. The third kappa shape index (κ3) is 3.95. The zero-order chi connectivity index (χ0) is 17.0. The summed E-state index contributed by atoms with van der Waals surface area (Å²) < 4.78 is 0. The second-order valence-electron chi connectivity index (χ2n) is 5.15. The van der Waals surface area contributed by atoms with Crippen LogP contribution >= 0.6 is 11.3 Å². The van der Waals surface area contributed by atoms with E-state index in [1.807, 2.05) is 6.07 Å². The fraction of sp³-hybridized carbons (Fsp3) is 0.467. The van der Waals surface area contributed by atoms with Crippen molar-refractivity contribution < 1.29 is 19.2 Å². The quantitative estimate of drug-likeness (QED) is 0.639. The minimum atomic E-state index is -0.786. The van der Waals surface area contributed by atoms with Crippen molar-refractivity contribution in [3.05, 3.63) is 21.9 Å². The van der Waals surface area contributed by atoms with Gasteiger partial charge in [-0.2, -0.15) is 0 Å². The smallest absolute Gasteiger partial charge is 0.324 e. The number of hydrogen-bond acceptors (Lipinski definition) is 5. The number of nitrogens with one attached hydrogen (secondary N) is 1. The van der Waals surface area contributed by atoms with Crippen LogP contribution in [0.2, 0.25) is 0 Å². The first-order valence-electron chi connectivity index (χ1n) is 7.42. The lowest BCUT2D eigenvalue weighted by atomic mass is 10.3. The van der Waals surface area contributed by atoms with E-state index >= 15 is 0 Å². The molecule has 0 saturated carbocycles. The molecule has 0 aliphatic carbocycles. The topological polar surface area (TPSA) is 86.8 Å². The van der Waals surface area contributed by atoms with Crippen molar-refractivity contribution >= 4 is 35.0 Å². The first kappa shape index (κ1) is 17.1. The van der Waals surface area contributed by atoms with E-state index in [-0.39, 0.29) is 12.3 Å². The van der Waals surface area contributed by atoms with E-state index in [1.165, 1.54) is 23.2 Å². The van der Waals surface area contributed by atoms with Crippen LogP contribution in [0.4, 0.5) is 4.79 Å². The second-order valence-corrected chi connectivity index (χ2v) is 6.31. The van der Waals surface area contributed by atoms with Crippen LogP contribution in [0, 0.1) is 0 Å². The highest BCUT2D eigenvalue weighted by molar-refractivity contribution is 7.14. The highest BCUT2D eigenvalue weighted by atomic mass is 32.1. The maximum Gasteiger partial charge on any atom is 0.324 e. The molecule has 2 rings (SSSR count). The van der Waals surface area contributed by atoms with E-state index in [0.717, 1.165) is 9.78 Å². The molecule has 1 aliphatic heterocycles. The first-order valence-corrected chi connectivity index (χ1v) is 8.24. The van der Waals surface area contributed by atoms with Crippen molar-refractivity contribution in [1.29, 1.82) is 0 Å². The van der Waals surface area contributed by atoms with Crippen molar-refractivity contribution in [3.8, 4) is 0 Å². The number of Topliss-reactive ketones (excluding diaryl/α,β-unsaturated/α-hetero) is 1. The molecule has 0 unspecified atom stereocenters. The summed E-state index contributed by atoms with van der Waals surface area (Å²) in [6, 6.07) is 3.06. The molecule has 2 heterocycles. The zero-order valence-electron chi connectivity index (χ0n) is 13.1. The summed E-state index contributed by atoms with van der Waals surface area (Å²) in [6.45, 7) is 4.66. The predicted molar refractivity (Wildman–Crippen MR) is 85.4 cm³/mol. The van der Waals surface area contributed by atoms with E-state index in [1.54, 1.807) is 13.0 Å². The van der Waals surface area contributed by atoms with Gasteiger partial charge in [-0.05, 0) is 32.4 Å². The van der Waals surface area contributed by atoms with E-state index in [9.17, 15) is 19.2 Å². The molecule has 0 aromatic carbocycles. The Kier molecular flexibility index (Phi) is 5.49. The lowest BCUT2D eigenvalue weighted by Gasteiger charge is -2.31. The van der Waals surface area contributed by atoms with Gasteiger partial charge in [0.15, 0.2) is 5.78 Å². The number of carbonyl (C=O) groups excluding carboxylic acids is 4. The monoisotopic (exact) mass is 337 g/mol. The van der Waals surface area contributed by atoms with Gasteiger partial charge in [0.2, 0.25) is 0 Å². The van der Waals surface area contributed by atoms with Crippen LogP contribution in [0.15, 0.2) is 12.1 Å². The van der Waals surface area contributed by atoms with Crippen LogP contribution in [0.25, 0.3) is 0 Å². The molecule has 1 N–H and O–H groups in total. The molecule has 0 atom stereocenters. The summed E-state index contributed by atoms with van der Waals surface area (Å²) in [5, 5.41) is 2.64. The van der Waals surface area contributed by atoms with Crippen LogP contribution < -0.4 is 5.32 Å². The minimum Gasteiger partial charge on any atom is -0.337 e. The van der Waals surface area contributed by atoms with E-state index < -0.39 is 17.8 Å². The van der Waals surface area contributed by atoms with Gasteiger partial charge in [0.1, 0.15) is 0 Å². The molecule has 4 amide bonds. The average Bonchev–Trinajstić information content (AvgIpc) is 2.99. The van der Waals surface area contributed by atoms with E-state index in [4.69, 9.17) is 0 Å². The first-order chi connectivity index (χ1) is 10.9. The fourth-order valence-corrected chi connectivity index (χ4v) is 3.16. The van der Waals surface area contributed by atoms with Crippen molar-refractivity contribution in [2.24, 2.45) is 0 Å². The number of urea groups is 1. The van der Waals surface area contributed by atoms with Gasteiger partial charge in [0, 0.05) is 31.1 Å². The van der Waals surface area contributed by atoms with E-state index in [0.29, 0.717) is 30.9 Å². The van der Waals surface area contributed by atoms with Gasteiger partial charge in [-0.25, -0.2) is 4.79 Å². The lowest BCUT2D eigenvalue weighted by molar-refractivity contribution is -0.153. The van der Waals surface area contributed by atoms with Crippen LogP contribution in [0.3, 0.4) is 0 Å². The largest absolute Gasteiger partial charge is 0.337 e. The third-order valence-corrected chi connectivity index (χ3v) is 4.84. The van der Waals surface area contributed by atoms with Crippen LogP contribution in [-0.4, -0.2) is 59.6 Å². The van der Waals surface area contributed by atoms with Gasteiger partial charge in [-0.15, -0.1) is 11.3 Å². The Hall–Kier alpha value is -2.22. The third-order valence-electron chi connectivity index (χ3n) is 3.59. The number of thiophene rings is 1. The van der Waals surface area contributed by atoms with Gasteiger partial charge in [0.05, 0.1) is 4.88 Å². The van der Waals surface area contributed by atoms with Crippen molar-refractivity contribution in [3.63, 3.8) is 0 Å². The summed E-state index contributed by atoms with van der Waals surface area (Å²) in [5.41, 5.74) is 0. The van der Waals surface area contributed by atoms with Gasteiger partial charge in [-0.1, -0.05) is 0 Å². The number of hydrogen-bond donors (Lipinski definition) is 1. The molecular formula is C15H19N3O4S. The van der Waals surface area contributed by atoms with Gasteiger partial charge >= 0.3 is 17.8 Å². The molecule has 1 aromatic heterocycles. The SMILES string of the molecule is CCN1CCN(C(=O)NCCc2ccc(C(C)=O)s2)C(=O)C1=O. The molecule has 0 bridgehead atoms. The lowest BCUT2D eigenvalue weighted by Crippen LogP contribution is -2.58.